The van der Waals surface area contributed by atoms with E-state index in [1.807, 2.05) is 0 Å². The number of amides is 3. The summed E-state index contributed by atoms with van der Waals surface area (Å²) < 4.78 is 10.9. The van der Waals surface area contributed by atoms with Gasteiger partial charge < -0.3 is 24.6 Å². The molecule has 1 aromatic rings. The third-order valence-corrected chi connectivity index (χ3v) is 3.70. The molecule has 1 aliphatic rings. The monoisotopic (exact) mass is 363 g/mol. The minimum absolute atomic E-state index is 0.0314. The number of hydrogen-bond acceptors (Lipinski definition) is 5. The van der Waals surface area contributed by atoms with Gasteiger partial charge in [0.05, 0.1) is 5.69 Å². The summed E-state index contributed by atoms with van der Waals surface area (Å²) >= 11 is 0. The van der Waals surface area contributed by atoms with Crippen LogP contribution in [0.25, 0.3) is 0 Å². The lowest BCUT2D eigenvalue weighted by atomic mass is 10.1. The zero-order chi connectivity index (χ0) is 19.6. The van der Waals surface area contributed by atoms with Gasteiger partial charge in [0, 0.05) is 26.7 Å². The molecule has 0 saturated carbocycles. The summed E-state index contributed by atoms with van der Waals surface area (Å²) in [5.41, 5.74) is 0.237. The number of carbonyl (C=O) groups excluding carboxylic acids is 3. The van der Waals surface area contributed by atoms with Crippen LogP contribution < -0.4 is 15.0 Å². The van der Waals surface area contributed by atoms with Crippen molar-refractivity contribution >= 4 is 23.6 Å². The molecule has 142 valence electrons. The lowest BCUT2D eigenvalue weighted by Crippen LogP contribution is -2.50. The van der Waals surface area contributed by atoms with E-state index in [0.29, 0.717) is 17.0 Å². The van der Waals surface area contributed by atoms with Crippen LogP contribution in [0.2, 0.25) is 0 Å². The Morgan fingerprint density at radius 2 is 1.96 bits per heavy atom. The van der Waals surface area contributed by atoms with Gasteiger partial charge in [-0.3, -0.25) is 9.59 Å². The van der Waals surface area contributed by atoms with Crippen molar-refractivity contribution in [2.45, 2.75) is 32.4 Å². The Balaban J connectivity index is 2.22. The Bertz CT molecular complexity index is 724. The SMILES string of the molecule is CN(C)C(=O)c1ccc2c(c1)N(C)C(=O)[C@@H](NC(=O)OC(C)(C)C)CO2. The molecule has 0 fully saturated rings. The Hall–Kier alpha value is -2.77. The molecule has 8 nitrogen and oxygen atoms in total. The molecule has 0 aliphatic carbocycles. The van der Waals surface area contributed by atoms with E-state index in [4.69, 9.17) is 9.47 Å². The van der Waals surface area contributed by atoms with Gasteiger partial charge in [0.1, 0.15) is 24.0 Å². The molecule has 2 rings (SSSR count). The number of anilines is 1. The van der Waals surface area contributed by atoms with Crippen LogP contribution in [-0.4, -0.2) is 62.2 Å². The van der Waals surface area contributed by atoms with E-state index < -0.39 is 17.7 Å². The zero-order valence-corrected chi connectivity index (χ0v) is 16.0. The number of ether oxygens (including phenoxy) is 2. The van der Waals surface area contributed by atoms with Gasteiger partial charge in [-0.2, -0.15) is 0 Å². The fourth-order valence-corrected chi connectivity index (χ4v) is 2.44. The molecule has 0 spiro atoms. The average molecular weight is 363 g/mol. The number of benzene rings is 1. The normalized spacial score (nSPS) is 16.9. The number of carbonyl (C=O) groups is 3. The minimum Gasteiger partial charge on any atom is -0.489 e. The van der Waals surface area contributed by atoms with Crippen molar-refractivity contribution in [3.8, 4) is 5.75 Å². The van der Waals surface area contributed by atoms with Crippen molar-refractivity contribution in [3.63, 3.8) is 0 Å². The van der Waals surface area contributed by atoms with Crippen molar-refractivity contribution in [1.29, 1.82) is 0 Å². The predicted octanol–water partition coefficient (Wildman–Crippen LogP) is 1.64. The van der Waals surface area contributed by atoms with Gasteiger partial charge in [0.15, 0.2) is 0 Å². The molecule has 0 saturated heterocycles. The molecular weight excluding hydrogens is 338 g/mol. The molecule has 1 atom stereocenters. The number of likely N-dealkylation sites (N-methyl/N-ethyl adjacent to an activating group) is 1. The second-order valence-electron chi connectivity index (χ2n) is 7.29. The first kappa shape index (κ1) is 19.6. The van der Waals surface area contributed by atoms with Crippen LogP contribution in [0.3, 0.4) is 0 Å². The van der Waals surface area contributed by atoms with Crippen LogP contribution in [0.4, 0.5) is 10.5 Å². The Kier molecular flexibility index (Phi) is 5.44. The van der Waals surface area contributed by atoms with E-state index >= 15 is 0 Å². The first-order valence-corrected chi connectivity index (χ1v) is 8.25. The summed E-state index contributed by atoms with van der Waals surface area (Å²) in [5.74, 6) is -0.0740. The summed E-state index contributed by atoms with van der Waals surface area (Å²) in [6.07, 6.45) is -0.692. The number of fused-ring (bicyclic) bond motifs is 1. The van der Waals surface area contributed by atoms with Crippen LogP contribution in [0.15, 0.2) is 18.2 Å². The fourth-order valence-electron chi connectivity index (χ4n) is 2.44. The largest absolute Gasteiger partial charge is 0.489 e. The molecule has 8 heteroatoms. The van der Waals surface area contributed by atoms with Crippen LogP contribution in [0, 0.1) is 0 Å². The molecule has 1 aromatic carbocycles. The molecular formula is C18H25N3O5. The van der Waals surface area contributed by atoms with Crippen molar-refractivity contribution in [2.75, 3.05) is 32.6 Å². The number of hydrogen-bond donors (Lipinski definition) is 1. The van der Waals surface area contributed by atoms with Crippen molar-refractivity contribution in [1.82, 2.24) is 10.2 Å². The Labute approximate surface area is 153 Å². The highest BCUT2D eigenvalue weighted by Crippen LogP contribution is 2.32. The summed E-state index contributed by atoms with van der Waals surface area (Å²) in [6, 6.07) is 3.99. The highest BCUT2D eigenvalue weighted by atomic mass is 16.6. The first-order chi connectivity index (χ1) is 12.0. The zero-order valence-electron chi connectivity index (χ0n) is 16.0. The topological polar surface area (TPSA) is 88.2 Å². The second kappa shape index (κ2) is 7.23. The first-order valence-electron chi connectivity index (χ1n) is 8.25. The lowest BCUT2D eigenvalue weighted by Gasteiger charge is -2.24. The highest BCUT2D eigenvalue weighted by Gasteiger charge is 2.32. The maximum Gasteiger partial charge on any atom is 0.408 e. The Morgan fingerprint density at radius 3 is 2.54 bits per heavy atom. The molecule has 0 aromatic heterocycles. The lowest BCUT2D eigenvalue weighted by molar-refractivity contribution is -0.120. The summed E-state index contributed by atoms with van der Waals surface area (Å²) in [5, 5.41) is 2.53. The van der Waals surface area contributed by atoms with Crippen molar-refractivity contribution in [3.05, 3.63) is 23.8 Å². The minimum atomic E-state index is -0.893. The van der Waals surface area contributed by atoms with Gasteiger partial charge in [-0.05, 0) is 39.0 Å². The van der Waals surface area contributed by atoms with Gasteiger partial charge in [-0.1, -0.05) is 0 Å². The van der Waals surface area contributed by atoms with E-state index in [2.05, 4.69) is 5.32 Å². The van der Waals surface area contributed by atoms with E-state index in [1.165, 1.54) is 9.80 Å². The molecule has 0 radical (unpaired) electrons. The van der Waals surface area contributed by atoms with Crippen LogP contribution in [0.1, 0.15) is 31.1 Å². The number of alkyl carbamates (subject to hydrolysis) is 1. The summed E-state index contributed by atoms with van der Waals surface area (Å²) in [7, 11) is 4.88. The van der Waals surface area contributed by atoms with Gasteiger partial charge >= 0.3 is 6.09 Å². The molecule has 0 bridgehead atoms. The average Bonchev–Trinajstić information content (AvgIpc) is 2.64. The van der Waals surface area contributed by atoms with Gasteiger partial charge in [0.25, 0.3) is 11.8 Å². The molecule has 1 aliphatic heterocycles. The number of rotatable bonds is 2. The molecule has 3 amide bonds. The fraction of sp³-hybridized carbons (Fsp3) is 0.500. The van der Waals surface area contributed by atoms with E-state index in [9.17, 15) is 14.4 Å². The molecule has 1 heterocycles. The molecule has 1 N–H and O–H groups in total. The molecule has 26 heavy (non-hydrogen) atoms. The van der Waals surface area contributed by atoms with Gasteiger partial charge in [-0.25, -0.2) is 4.79 Å². The third kappa shape index (κ3) is 4.44. The van der Waals surface area contributed by atoms with E-state index in [0.717, 1.165) is 0 Å². The van der Waals surface area contributed by atoms with Crippen molar-refractivity contribution in [2.24, 2.45) is 0 Å². The second-order valence-corrected chi connectivity index (χ2v) is 7.29. The van der Waals surface area contributed by atoms with Crippen molar-refractivity contribution < 1.29 is 23.9 Å². The standard InChI is InChI=1S/C18H25N3O5/c1-18(2,3)26-17(24)19-12-10-25-14-8-7-11(15(22)20(4)5)9-13(14)21(6)16(12)23/h7-9,12H,10H2,1-6H3,(H,19,24)/t12-/m0/s1. The van der Waals surface area contributed by atoms with Crippen LogP contribution in [0.5, 0.6) is 5.75 Å². The summed E-state index contributed by atoms with van der Waals surface area (Å²) in [6.45, 7) is 5.19. The van der Waals surface area contributed by atoms with E-state index in [-0.39, 0.29) is 18.4 Å². The smallest absolute Gasteiger partial charge is 0.408 e. The number of nitrogens with one attached hydrogen (secondary N) is 1. The van der Waals surface area contributed by atoms with Crippen LogP contribution in [-0.2, 0) is 9.53 Å². The third-order valence-electron chi connectivity index (χ3n) is 3.70. The quantitative estimate of drug-likeness (QED) is 0.863. The maximum atomic E-state index is 12.7. The maximum absolute atomic E-state index is 12.7. The van der Waals surface area contributed by atoms with Crippen LogP contribution >= 0.6 is 0 Å². The number of nitrogens with zero attached hydrogens (tertiary/aromatic N) is 2. The highest BCUT2D eigenvalue weighted by molar-refractivity contribution is 6.02. The summed E-state index contributed by atoms with van der Waals surface area (Å²) in [4.78, 5) is 39.7. The molecule has 0 unspecified atom stereocenters. The van der Waals surface area contributed by atoms with Gasteiger partial charge in [-0.15, -0.1) is 0 Å². The van der Waals surface area contributed by atoms with E-state index in [1.54, 1.807) is 60.1 Å². The van der Waals surface area contributed by atoms with Gasteiger partial charge in [0.2, 0.25) is 0 Å². The predicted molar refractivity (Wildman–Crippen MR) is 96.5 cm³/mol. The Morgan fingerprint density at radius 1 is 1.31 bits per heavy atom.